The fourth-order valence-corrected chi connectivity index (χ4v) is 2.68. The van der Waals surface area contributed by atoms with Crippen molar-refractivity contribution in [3.05, 3.63) is 60.2 Å². The Morgan fingerprint density at radius 1 is 1.04 bits per heavy atom. The average Bonchev–Trinajstić information content (AvgIpc) is 2.98. The summed E-state index contributed by atoms with van der Waals surface area (Å²) in [5, 5.41) is 11.6. The van der Waals surface area contributed by atoms with E-state index in [1.165, 1.54) is 24.3 Å². The zero-order valence-electron chi connectivity index (χ0n) is 12.8. The topological polar surface area (TPSA) is 86.7 Å². The van der Waals surface area contributed by atoms with Gasteiger partial charge in [0.25, 0.3) is 0 Å². The molecule has 2 amide bonds. The highest BCUT2D eigenvalue weighted by molar-refractivity contribution is 6.03. The molecule has 0 aromatic heterocycles. The molecule has 24 heavy (non-hydrogen) atoms. The van der Waals surface area contributed by atoms with E-state index in [-0.39, 0.29) is 23.8 Å². The Morgan fingerprint density at radius 2 is 1.71 bits per heavy atom. The third kappa shape index (κ3) is 3.27. The molecule has 6 nitrogen and oxygen atoms in total. The van der Waals surface area contributed by atoms with Crippen LogP contribution in [0, 0.1) is 5.92 Å². The van der Waals surface area contributed by atoms with E-state index in [0.29, 0.717) is 12.2 Å². The lowest BCUT2D eigenvalue weighted by Gasteiger charge is -2.16. The Bertz CT molecular complexity index is 771. The van der Waals surface area contributed by atoms with Crippen molar-refractivity contribution in [2.45, 2.75) is 6.42 Å². The maximum Gasteiger partial charge on any atom is 0.335 e. The first-order chi connectivity index (χ1) is 11.5. The Morgan fingerprint density at radius 3 is 2.33 bits per heavy atom. The van der Waals surface area contributed by atoms with E-state index < -0.39 is 11.9 Å². The molecule has 2 aromatic rings. The summed E-state index contributed by atoms with van der Waals surface area (Å²) in [4.78, 5) is 36.9. The summed E-state index contributed by atoms with van der Waals surface area (Å²) in [6, 6.07) is 15.2. The van der Waals surface area contributed by atoms with Crippen LogP contribution in [-0.4, -0.2) is 29.4 Å². The van der Waals surface area contributed by atoms with Crippen LogP contribution in [-0.2, 0) is 9.59 Å². The highest BCUT2D eigenvalue weighted by atomic mass is 16.4. The summed E-state index contributed by atoms with van der Waals surface area (Å²) >= 11 is 0. The summed E-state index contributed by atoms with van der Waals surface area (Å²) in [6.45, 7) is 0.335. The smallest absolute Gasteiger partial charge is 0.335 e. The third-order valence-corrected chi connectivity index (χ3v) is 3.96. The first-order valence-corrected chi connectivity index (χ1v) is 7.54. The lowest BCUT2D eigenvalue weighted by atomic mass is 10.1. The van der Waals surface area contributed by atoms with Crippen molar-refractivity contribution in [1.29, 1.82) is 0 Å². The molecule has 1 fully saturated rings. The number of rotatable bonds is 4. The Labute approximate surface area is 138 Å². The van der Waals surface area contributed by atoms with Gasteiger partial charge in [0, 0.05) is 24.3 Å². The van der Waals surface area contributed by atoms with Gasteiger partial charge in [-0.15, -0.1) is 0 Å². The van der Waals surface area contributed by atoms with Gasteiger partial charge in [0.15, 0.2) is 0 Å². The Kier molecular flexibility index (Phi) is 4.29. The largest absolute Gasteiger partial charge is 0.478 e. The summed E-state index contributed by atoms with van der Waals surface area (Å²) in [5.41, 5.74) is 1.44. The molecule has 122 valence electrons. The molecular formula is C18H16N2O4. The average molecular weight is 324 g/mol. The zero-order chi connectivity index (χ0) is 17.1. The van der Waals surface area contributed by atoms with Gasteiger partial charge in [-0.1, -0.05) is 18.2 Å². The van der Waals surface area contributed by atoms with Crippen molar-refractivity contribution in [3.63, 3.8) is 0 Å². The number of aromatic carboxylic acids is 1. The van der Waals surface area contributed by atoms with Crippen LogP contribution in [0.2, 0.25) is 0 Å². The summed E-state index contributed by atoms with van der Waals surface area (Å²) in [6.07, 6.45) is 0.161. The van der Waals surface area contributed by atoms with Gasteiger partial charge < -0.3 is 15.3 Å². The number of amides is 2. The fraction of sp³-hybridized carbons (Fsp3) is 0.167. The standard InChI is InChI=1S/C18H16N2O4/c21-16-10-13(11-20(16)15-4-2-1-3-5-15)17(22)19-14-8-6-12(7-9-14)18(23)24/h1-9,13H,10-11H2,(H,19,22)(H,23,24). The highest BCUT2D eigenvalue weighted by Crippen LogP contribution is 2.25. The number of carbonyl (C=O) groups excluding carboxylic acids is 2. The molecule has 6 heteroatoms. The zero-order valence-corrected chi connectivity index (χ0v) is 12.8. The van der Waals surface area contributed by atoms with Crippen LogP contribution >= 0.6 is 0 Å². The fourth-order valence-electron chi connectivity index (χ4n) is 2.68. The highest BCUT2D eigenvalue weighted by Gasteiger charge is 2.35. The van der Waals surface area contributed by atoms with Gasteiger partial charge in [-0.05, 0) is 36.4 Å². The minimum atomic E-state index is -1.02. The third-order valence-electron chi connectivity index (χ3n) is 3.96. The van der Waals surface area contributed by atoms with E-state index >= 15 is 0 Å². The number of carboxylic acid groups (broad SMARTS) is 1. The first kappa shape index (κ1) is 15.7. The normalized spacial score (nSPS) is 16.9. The quantitative estimate of drug-likeness (QED) is 0.904. The second-order valence-corrected chi connectivity index (χ2v) is 5.61. The number of nitrogens with zero attached hydrogens (tertiary/aromatic N) is 1. The predicted octanol–water partition coefficient (Wildman–Crippen LogP) is 2.38. The Hall–Kier alpha value is -3.15. The van der Waals surface area contributed by atoms with Crippen LogP contribution in [0.4, 0.5) is 11.4 Å². The van der Waals surface area contributed by atoms with Gasteiger partial charge in [-0.25, -0.2) is 4.79 Å². The van der Waals surface area contributed by atoms with Gasteiger partial charge in [-0.2, -0.15) is 0 Å². The number of hydrogen-bond acceptors (Lipinski definition) is 3. The summed E-state index contributed by atoms with van der Waals surface area (Å²) in [7, 11) is 0. The van der Waals surface area contributed by atoms with Crippen molar-refractivity contribution in [2.75, 3.05) is 16.8 Å². The molecule has 0 radical (unpaired) electrons. The number of carbonyl (C=O) groups is 3. The molecule has 1 unspecified atom stereocenters. The molecular weight excluding hydrogens is 308 g/mol. The number of para-hydroxylation sites is 1. The van der Waals surface area contributed by atoms with Gasteiger partial charge >= 0.3 is 5.97 Å². The monoisotopic (exact) mass is 324 g/mol. The molecule has 1 atom stereocenters. The van der Waals surface area contributed by atoms with Gasteiger partial charge in [-0.3, -0.25) is 9.59 Å². The molecule has 1 aliphatic heterocycles. The van der Waals surface area contributed by atoms with Gasteiger partial charge in [0.1, 0.15) is 0 Å². The summed E-state index contributed by atoms with van der Waals surface area (Å²) < 4.78 is 0. The molecule has 0 aliphatic carbocycles. The van der Waals surface area contributed by atoms with Crippen molar-refractivity contribution < 1.29 is 19.5 Å². The molecule has 0 bridgehead atoms. The number of carboxylic acids is 1. The molecule has 2 N–H and O–H groups in total. The van der Waals surface area contributed by atoms with Crippen LogP contribution < -0.4 is 10.2 Å². The van der Waals surface area contributed by atoms with Crippen molar-refractivity contribution >= 4 is 29.2 Å². The first-order valence-electron chi connectivity index (χ1n) is 7.54. The molecule has 0 saturated carbocycles. The predicted molar refractivity (Wildman–Crippen MR) is 88.9 cm³/mol. The maximum atomic E-state index is 12.3. The molecule has 1 heterocycles. The van der Waals surface area contributed by atoms with E-state index in [2.05, 4.69) is 5.32 Å². The SMILES string of the molecule is O=C(O)c1ccc(NC(=O)C2CC(=O)N(c3ccccc3)C2)cc1. The minimum Gasteiger partial charge on any atom is -0.478 e. The molecule has 1 aliphatic rings. The van der Waals surface area contributed by atoms with Crippen LogP contribution in [0.1, 0.15) is 16.8 Å². The molecule has 3 rings (SSSR count). The van der Waals surface area contributed by atoms with Crippen molar-refractivity contribution in [3.8, 4) is 0 Å². The molecule has 1 saturated heterocycles. The minimum absolute atomic E-state index is 0.0809. The van der Waals surface area contributed by atoms with Crippen LogP contribution in [0.15, 0.2) is 54.6 Å². The van der Waals surface area contributed by atoms with Crippen LogP contribution in [0.3, 0.4) is 0 Å². The second-order valence-electron chi connectivity index (χ2n) is 5.61. The number of hydrogen-bond donors (Lipinski definition) is 2. The lowest BCUT2D eigenvalue weighted by Crippen LogP contribution is -2.28. The van der Waals surface area contributed by atoms with Crippen LogP contribution in [0.5, 0.6) is 0 Å². The van der Waals surface area contributed by atoms with E-state index in [1.807, 2.05) is 30.3 Å². The molecule has 2 aromatic carbocycles. The van der Waals surface area contributed by atoms with Gasteiger partial charge in [0.2, 0.25) is 11.8 Å². The van der Waals surface area contributed by atoms with Crippen molar-refractivity contribution in [2.24, 2.45) is 5.92 Å². The van der Waals surface area contributed by atoms with Crippen molar-refractivity contribution in [1.82, 2.24) is 0 Å². The van der Waals surface area contributed by atoms with E-state index in [9.17, 15) is 14.4 Å². The Balaban J connectivity index is 1.66. The molecule has 0 spiro atoms. The maximum absolute atomic E-state index is 12.3. The van der Waals surface area contributed by atoms with Gasteiger partial charge in [0.05, 0.1) is 11.5 Å². The number of anilines is 2. The lowest BCUT2D eigenvalue weighted by molar-refractivity contribution is -0.122. The van der Waals surface area contributed by atoms with E-state index in [1.54, 1.807) is 4.90 Å². The van der Waals surface area contributed by atoms with Crippen LogP contribution in [0.25, 0.3) is 0 Å². The van der Waals surface area contributed by atoms with E-state index in [0.717, 1.165) is 5.69 Å². The summed E-state index contributed by atoms with van der Waals surface area (Å²) in [5.74, 6) is -1.78. The van der Waals surface area contributed by atoms with E-state index in [4.69, 9.17) is 5.11 Å². The number of benzene rings is 2. The second kappa shape index (κ2) is 6.54. The number of nitrogens with one attached hydrogen (secondary N) is 1.